The third-order valence-corrected chi connectivity index (χ3v) is 3.45. The molecule has 5 nitrogen and oxygen atoms in total. The van der Waals surface area contributed by atoms with Gasteiger partial charge in [0.05, 0.1) is 6.61 Å². The van der Waals surface area contributed by atoms with Gasteiger partial charge in [0.25, 0.3) is 5.91 Å². The summed E-state index contributed by atoms with van der Waals surface area (Å²) in [4.78, 5) is 13.6. The largest absolute Gasteiger partial charge is 0.383 e. The molecule has 1 heterocycles. The van der Waals surface area contributed by atoms with Crippen molar-refractivity contribution in [2.75, 3.05) is 30.5 Å². The smallest absolute Gasteiger partial charge is 0.257 e. The Bertz CT molecular complexity index is 476. The number of hydrogen-bond donors (Lipinski definition) is 2. The Morgan fingerprint density at radius 3 is 2.89 bits per heavy atom. The number of benzene rings is 1. The van der Waals surface area contributed by atoms with Gasteiger partial charge >= 0.3 is 0 Å². The van der Waals surface area contributed by atoms with Gasteiger partial charge in [-0.25, -0.2) is 0 Å². The molecule has 2 atom stereocenters. The molecule has 1 aliphatic heterocycles. The summed E-state index contributed by atoms with van der Waals surface area (Å²) in [5.41, 5.74) is 2.35. The van der Waals surface area contributed by atoms with Crippen LogP contribution in [-0.4, -0.2) is 37.3 Å². The highest BCUT2D eigenvalue weighted by Crippen LogP contribution is 2.34. The molecule has 2 unspecified atom stereocenters. The highest BCUT2D eigenvalue weighted by atomic mass is 16.5. The number of carbonyl (C=O) groups is 1. The first-order valence-corrected chi connectivity index (χ1v) is 6.47. The second kappa shape index (κ2) is 5.59. The summed E-state index contributed by atoms with van der Waals surface area (Å²) in [6.45, 7) is 5.65. The van der Waals surface area contributed by atoms with Crippen molar-refractivity contribution in [2.45, 2.75) is 26.0 Å². The number of anilines is 2. The summed E-state index contributed by atoms with van der Waals surface area (Å²) >= 11 is 0. The van der Waals surface area contributed by atoms with Crippen LogP contribution < -0.4 is 10.2 Å². The number of nitrogens with zero attached hydrogens (tertiary/aromatic N) is 1. The second-order valence-electron chi connectivity index (χ2n) is 4.75. The molecule has 5 heteroatoms. The SMILES string of the molecule is CCN(c1ccc2c(c1)NC(=O)C2O)C(C)COC. The van der Waals surface area contributed by atoms with Gasteiger partial charge in [0, 0.05) is 36.6 Å². The summed E-state index contributed by atoms with van der Waals surface area (Å²) in [7, 11) is 1.68. The van der Waals surface area contributed by atoms with Crippen LogP contribution in [0.2, 0.25) is 0 Å². The number of aliphatic hydroxyl groups excluding tert-OH is 1. The Labute approximate surface area is 113 Å². The first-order valence-electron chi connectivity index (χ1n) is 6.47. The van der Waals surface area contributed by atoms with Gasteiger partial charge in [-0.15, -0.1) is 0 Å². The van der Waals surface area contributed by atoms with E-state index in [-0.39, 0.29) is 11.9 Å². The predicted octanol–water partition coefficient (Wildman–Crippen LogP) is 1.53. The van der Waals surface area contributed by atoms with Crippen LogP contribution in [0.5, 0.6) is 0 Å². The lowest BCUT2D eigenvalue weighted by atomic mass is 10.1. The van der Waals surface area contributed by atoms with E-state index in [1.54, 1.807) is 13.2 Å². The maximum Gasteiger partial charge on any atom is 0.257 e. The summed E-state index contributed by atoms with van der Waals surface area (Å²) in [5.74, 6) is -0.361. The van der Waals surface area contributed by atoms with Crippen LogP contribution in [0.25, 0.3) is 0 Å². The molecule has 19 heavy (non-hydrogen) atoms. The molecule has 0 fully saturated rings. The summed E-state index contributed by atoms with van der Waals surface area (Å²) in [6, 6.07) is 5.88. The van der Waals surface area contributed by atoms with Crippen LogP contribution >= 0.6 is 0 Å². The second-order valence-corrected chi connectivity index (χ2v) is 4.75. The number of amides is 1. The van der Waals surface area contributed by atoms with E-state index >= 15 is 0 Å². The van der Waals surface area contributed by atoms with Crippen molar-refractivity contribution in [3.8, 4) is 0 Å². The van der Waals surface area contributed by atoms with Gasteiger partial charge in [0.1, 0.15) is 0 Å². The molecular formula is C14H20N2O3. The summed E-state index contributed by atoms with van der Waals surface area (Å²) in [6.07, 6.45) is -1.05. The van der Waals surface area contributed by atoms with E-state index in [1.165, 1.54) is 0 Å². The number of methoxy groups -OCH3 is 1. The van der Waals surface area contributed by atoms with Crippen LogP contribution in [0, 0.1) is 0 Å². The monoisotopic (exact) mass is 264 g/mol. The zero-order chi connectivity index (χ0) is 14.0. The number of nitrogens with one attached hydrogen (secondary N) is 1. The zero-order valence-corrected chi connectivity index (χ0v) is 11.5. The van der Waals surface area contributed by atoms with Crippen LogP contribution in [0.3, 0.4) is 0 Å². The number of aliphatic hydroxyl groups is 1. The fraction of sp³-hybridized carbons (Fsp3) is 0.500. The Balaban J connectivity index is 2.27. The molecule has 1 amide bonds. The molecule has 2 rings (SSSR count). The van der Waals surface area contributed by atoms with E-state index in [0.29, 0.717) is 17.9 Å². The van der Waals surface area contributed by atoms with Crippen molar-refractivity contribution in [3.63, 3.8) is 0 Å². The summed E-state index contributed by atoms with van der Waals surface area (Å²) in [5, 5.41) is 12.4. The van der Waals surface area contributed by atoms with Gasteiger partial charge in [0.2, 0.25) is 0 Å². The van der Waals surface area contributed by atoms with Gasteiger partial charge in [-0.05, 0) is 26.0 Å². The molecule has 1 aromatic rings. The molecule has 0 saturated carbocycles. The van der Waals surface area contributed by atoms with Crippen LogP contribution in [0.1, 0.15) is 25.5 Å². The summed E-state index contributed by atoms with van der Waals surface area (Å²) < 4.78 is 5.18. The number of fused-ring (bicyclic) bond motifs is 1. The van der Waals surface area contributed by atoms with Gasteiger partial charge in [-0.3, -0.25) is 4.79 Å². The van der Waals surface area contributed by atoms with Crippen molar-refractivity contribution < 1.29 is 14.6 Å². The van der Waals surface area contributed by atoms with Gasteiger partial charge in [-0.1, -0.05) is 6.07 Å². The molecule has 0 bridgehead atoms. The lowest BCUT2D eigenvalue weighted by Crippen LogP contribution is -2.36. The number of rotatable bonds is 5. The van der Waals surface area contributed by atoms with E-state index in [0.717, 1.165) is 12.2 Å². The van der Waals surface area contributed by atoms with Crippen LogP contribution in [0.15, 0.2) is 18.2 Å². The van der Waals surface area contributed by atoms with Crippen molar-refractivity contribution in [1.82, 2.24) is 0 Å². The fourth-order valence-electron chi connectivity index (χ4n) is 2.49. The molecule has 2 N–H and O–H groups in total. The van der Waals surface area contributed by atoms with Crippen molar-refractivity contribution in [1.29, 1.82) is 0 Å². The number of hydrogen-bond acceptors (Lipinski definition) is 4. The van der Waals surface area contributed by atoms with E-state index in [9.17, 15) is 9.90 Å². The number of likely N-dealkylation sites (N-methyl/N-ethyl adjacent to an activating group) is 1. The maximum absolute atomic E-state index is 11.4. The Morgan fingerprint density at radius 1 is 1.53 bits per heavy atom. The van der Waals surface area contributed by atoms with Crippen LogP contribution in [-0.2, 0) is 9.53 Å². The highest BCUT2D eigenvalue weighted by molar-refractivity contribution is 6.02. The zero-order valence-electron chi connectivity index (χ0n) is 11.5. The predicted molar refractivity (Wildman–Crippen MR) is 74.4 cm³/mol. The average Bonchev–Trinajstić information content (AvgIpc) is 2.66. The average molecular weight is 264 g/mol. The van der Waals surface area contributed by atoms with E-state index in [1.807, 2.05) is 12.1 Å². The lowest BCUT2D eigenvalue weighted by Gasteiger charge is -2.30. The Morgan fingerprint density at radius 2 is 2.26 bits per heavy atom. The Kier molecular flexibility index (Phi) is 4.07. The number of ether oxygens (including phenoxy) is 1. The Hall–Kier alpha value is -1.59. The molecule has 0 aliphatic carbocycles. The molecule has 0 saturated heterocycles. The fourth-order valence-corrected chi connectivity index (χ4v) is 2.49. The molecule has 0 aromatic heterocycles. The normalized spacial score (nSPS) is 18.9. The van der Waals surface area contributed by atoms with Crippen LogP contribution in [0.4, 0.5) is 11.4 Å². The minimum absolute atomic E-state index is 0.245. The third kappa shape index (κ3) is 2.57. The van der Waals surface area contributed by atoms with Crippen molar-refractivity contribution in [2.24, 2.45) is 0 Å². The standard InChI is InChI=1S/C14H20N2O3/c1-4-16(9(2)8-19-3)10-5-6-11-12(7-10)15-14(18)13(11)17/h5-7,9,13,17H,4,8H2,1-3H3,(H,15,18). The lowest BCUT2D eigenvalue weighted by molar-refractivity contribution is -0.123. The quantitative estimate of drug-likeness (QED) is 0.846. The van der Waals surface area contributed by atoms with Crippen molar-refractivity contribution in [3.05, 3.63) is 23.8 Å². The van der Waals surface area contributed by atoms with E-state index in [4.69, 9.17) is 4.74 Å². The van der Waals surface area contributed by atoms with E-state index in [2.05, 4.69) is 24.1 Å². The molecule has 1 aromatic carbocycles. The first-order chi connectivity index (χ1) is 9.08. The highest BCUT2D eigenvalue weighted by Gasteiger charge is 2.29. The molecule has 0 spiro atoms. The molecular weight excluding hydrogens is 244 g/mol. The molecule has 1 aliphatic rings. The maximum atomic E-state index is 11.4. The minimum atomic E-state index is -1.05. The first kappa shape index (κ1) is 13.8. The van der Waals surface area contributed by atoms with Crippen molar-refractivity contribution >= 4 is 17.3 Å². The molecule has 0 radical (unpaired) electrons. The van der Waals surface area contributed by atoms with Gasteiger partial charge in [0.15, 0.2) is 6.10 Å². The van der Waals surface area contributed by atoms with Gasteiger partial charge < -0.3 is 20.1 Å². The topological polar surface area (TPSA) is 61.8 Å². The van der Waals surface area contributed by atoms with Gasteiger partial charge in [-0.2, -0.15) is 0 Å². The number of carbonyl (C=O) groups excluding carboxylic acids is 1. The van der Waals surface area contributed by atoms with E-state index < -0.39 is 6.10 Å². The minimum Gasteiger partial charge on any atom is -0.383 e. The molecule has 104 valence electrons. The third-order valence-electron chi connectivity index (χ3n) is 3.45.